The van der Waals surface area contributed by atoms with Crippen LogP contribution in [0.3, 0.4) is 0 Å². The summed E-state index contributed by atoms with van der Waals surface area (Å²) in [6.45, 7) is 1.45. The molecule has 0 radical (unpaired) electrons. The van der Waals surface area contributed by atoms with Gasteiger partial charge in [-0.05, 0) is 53.4 Å². The number of nitrogens with one attached hydrogen (secondary N) is 2. The van der Waals surface area contributed by atoms with Gasteiger partial charge in [-0.3, -0.25) is 0 Å². The molecule has 1 aliphatic rings. The Bertz CT molecular complexity index is 1190. The first kappa shape index (κ1) is 19.2. The molecule has 3 aromatic carbocycles. The number of aromatic amines is 1. The average molecular weight is 463 g/mol. The maximum atomic E-state index is 6.03. The molecule has 1 unspecified atom stereocenters. The van der Waals surface area contributed by atoms with Crippen molar-refractivity contribution in [3.05, 3.63) is 93.6 Å². The Morgan fingerprint density at radius 3 is 2.70 bits per heavy atom. The molecule has 30 heavy (non-hydrogen) atoms. The fraction of sp³-hybridized carbons (Fsp3) is 0.200. The number of H-pyrrole nitrogens is 1. The Hall–Kier alpha value is -2.76. The van der Waals surface area contributed by atoms with Gasteiger partial charge < -0.3 is 19.8 Å². The van der Waals surface area contributed by atoms with E-state index < -0.39 is 0 Å². The molecule has 1 aliphatic heterocycles. The summed E-state index contributed by atoms with van der Waals surface area (Å²) < 4.78 is 12.8. The molecule has 5 rings (SSSR count). The Labute approximate surface area is 184 Å². The van der Waals surface area contributed by atoms with Crippen molar-refractivity contribution in [2.24, 2.45) is 0 Å². The zero-order chi connectivity index (χ0) is 20.5. The van der Waals surface area contributed by atoms with Gasteiger partial charge in [0.05, 0.1) is 13.2 Å². The highest BCUT2D eigenvalue weighted by Crippen LogP contribution is 2.37. The van der Waals surface area contributed by atoms with Crippen molar-refractivity contribution < 1.29 is 9.47 Å². The zero-order valence-corrected chi connectivity index (χ0v) is 18.3. The van der Waals surface area contributed by atoms with Crippen LogP contribution >= 0.6 is 15.9 Å². The van der Waals surface area contributed by atoms with Crippen LogP contribution in [-0.2, 0) is 13.0 Å². The lowest BCUT2D eigenvalue weighted by Gasteiger charge is -2.25. The summed E-state index contributed by atoms with van der Waals surface area (Å²) in [5.41, 5.74) is 6.08. The summed E-state index contributed by atoms with van der Waals surface area (Å²) in [4.78, 5) is 3.64. The molecule has 1 aromatic heterocycles. The highest BCUT2D eigenvalue weighted by molar-refractivity contribution is 9.10. The topological polar surface area (TPSA) is 46.3 Å². The number of rotatable bonds is 5. The van der Waals surface area contributed by atoms with E-state index in [-0.39, 0.29) is 6.04 Å². The summed E-state index contributed by atoms with van der Waals surface area (Å²) in [7, 11) is 1.69. The van der Waals surface area contributed by atoms with Crippen LogP contribution in [0, 0.1) is 0 Å². The van der Waals surface area contributed by atoms with Crippen molar-refractivity contribution in [2.45, 2.75) is 19.1 Å². The standard InChI is InChI=1S/C25H23BrN2O2/c1-29-23-13-17(7-10-22(23)30-15-16-5-3-2-4-6-16)24-25-19(11-12-27-24)20-14-18(26)8-9-21(20)28-25/h2-10,13-14,24,27-28H,11-12,15H2,1H3. The molecule has 4 aromatic rings. The SMILES string of the molecule is COc1cc(C2NCCc3c2[nH]c2ccc(Br)cc32)ccc1OCc1ccccc1. The fourth-order valence-electron chi connectivity index (χ4n) is 4.20. The predicted octanol–water partition coefficient (Wildman–Crippen LogP) is 5.75. The van der Waals surface area contributed by atoms with Gasteiger partial charge in [-0.2, -0.15) is 0 Å². The van der Waals surface area contributed by atoms with Crippen LogP contribution in [0.15, 0.2) is 71.2 Å². The van der Waals surface area contributed by atoms with Gasteiger partial charge in [-0.1, -0.05) is 52.3 Å². The number of methoxy groups -OCH3 is 1. The molecule has 0 amide bonds. The first-order valence-corrected chi connectivity index (χ1v) is 10.9. The minimum absolute atomic E-state index is 0.0944. The molecule has 0 aliphatic carbocycles. The molecule has 2 heterocycles. The number of hydrogen-bond acceptors (Lipinski definition) is 3. The maximum absolute atomic E-state index is 6.03. The van der Waals surface area contributed by atoms with E-state index in [4.69, 9.17) is 9.47 Å². The number of fused-ring (bicyclic) bond motifs is 3. The molecule has 4 nitrogen and oxygen atoms in total. The van der Waals surface area contributed by atoms with Crippen LogP contribution in [-0.4, -0.2) is 18.6 Å². The normalized spacial score (nSPS) is 15.7. The van der Waals surface area contributed by atoms with Crippen molar-refractivity contribution in [3.8, 4) is 11.5 Å². The average Bonchev–Trinajstić information content (AvgIpc) is 3.16. The third-order valence-electron chi connectivity index (χ3n) is 5.67. The number of aromatic nitrogens is 1. The fourth-order valence-corrected chi connectivity index (χ4v) is 4.56. The second-order valence-electron chi connectivity index (χ2n) is 7.53. The third kappa shape index (κ3) is 3.59. The van der Waals surface area contributed by atoms with Gasteiger partial charge in [0, 0.05) is 27.6 Å². The molecule has 0 saturated carbocycles. The van der Waals surface area contributed by atoms with E-state index in [1.54, 1.807) is 7.11 Å². The first-order valence-electron chi connectivity index (χ1n) is 10.1. The van der Waals surface area contributed by atoms with Crippen LogP contribution in [0.5, 0.6) is 11.5 Å². The van der Waals surface area contributed by atoms with Crippen molar-refractivity contribution in [1.29, 1.82) is 0 Å². The van der Waals surface area contributed by atoms with Crippen molar-refractivity contribution in [1.82, 2.24) is 10.3 Å². The van der Waals surface area contributed by atoms with Crippen LogP contribution in [0.2, 0.25) is 0 Å². The molecule has 152 valence electrons. The molecule has 0 bridgehead atoms. The summed E-state index contributed by atoms with van der Waals surface area (Å²) in [5, 5.41) is 4.95. The van der Waals surface area contributed by atoms with E-state index in [0.29, 0.717) is 6.61 Å². The van der Waals surface area contributed by atoms with Crippen LogP contribution < -0.4 is 14.8 Å². The maximum Gasteiger partial charge on any atom is 0.161 e. The quantitative estimate of drug-likeness (QED) is 0.396. The van der Waals surface area contributed by atoms with Crippen molar-refractivity contribution in [3.63, 3.8) is 0 Å². The Morgan fingerprint density at radius 2 is 1.87 bits per heavy atom. The highest BCUT2D eigenvalue weighted by Gasteiger charge is 2.26. The van der Waals surface area contributed by atoms with Gasteiger partial charge >= 0.3 is 0 Å². The monoisotopic (exact) mass is 462 g/mol. The predicted molar refractivity (Wildman–Crippen MR) is 123 cm³/mol. The van der Waals surface area contributed by atoms with Crippen molar-refractivity contribution >= 4 is 26.8 Å². The second kappa shape index (κ2) is 8.17. The third-order valence-corrected chi connectivity index (χ3v) is 6.16. The number of benzene rings is 3. The van der Waals surface area contributed by atoms with Gasteiger partial charge in [0.2, 0.25) is 0 Å². The molecular weight excluding hydrogens is 440 g/mol. The van der Waals surface area contributed by atoms with E-state index in [1.165, 1.54) is 22.2 Å². The first-order chi connectivity index (χ1) is 14.7. The molecule has 2 N–H and O–H groups in total. The van der Waals surface area contributed by atoms with Crippen LogP contribution in [0.25, 0.3) is 10.9 Å². The Morgan fingerprint density at radius 1 is 1.00 bits per heavy atom. The minimum atomic E-state index is 0.0944. The van der Waals surface area contributed by atoms with E-state index >= 15 is 0 Å². The summed E-state index contributed by atoms with van der Waals surface area (Å²) >= 11 is 3.60. The van der Waals surface area contributed by atoms with Gasteiger partial charge in [-0.25, -0.2) is 0 Å². The Kier molecular flexibility index (Phi) is 5.23. The lowest BCUT2D eigenvalue weighted by Crippen LogP contribution is -2.30. The molecule has 0 fully saturated rings. The molecule has 0 saturated heterocycles. The van der Waals surface area contributed by atoms with Crippen molar-refractivity contribution in [2.75, 3.05) is 13.7 Å². The van der Waals surface area contributed by atoms with Crippen LogP contribution in [0.4, 0.5) is 0 Å². The second-order valence-corrected chi connectivity index (χ2v) is 8.44. The minimum Gasteiger partial charge on any atom is -0.493 e. The highest BCUT2D eigenvalue weighted by atomic mass is 79.9. The van der Waals surface area contributed by atoms with E-state index in [2.05, 4.69) is 68.7 Å². The molecule has 1 atom stereocenters. The molecule has 0 spiro atoms. The van der Waals surface area contributed by atoms with E-state index in [9.17, 15) is 0 Å². The lowest BCUT2D eigenvalue weighted by atomic mass is 9.94. The van der Waals surface area contributed by atoms with Gasteiger partial charge in [0.25, 0.3) is 0 Å². The van der Waals surface area contributed by atoms with Gasteiger partial charge in [0.1, 0.15) is 6.61 Å². The van der Waals surface area contributed by atoms with Gasteiger partial charge in [0.15, 0.2) is 11.5 Å². The lowest BCUT2D eigenvalue weighted by molar-refractivity contribution is 0.284. The zero-order valence-electron chi connectivity index (χ0n) is 16.7. The largest absolute Gasteiger partial charge is 0.493 e. The van der Waals surface area contributed by atoms with Crippen LogP contribution in [0.1, 0.15) is 28.4 Å². The van der Waals surface area contributed by atoms with E-state index in [0.717, 1.165) is 40.1 Å². The van der Waals surface area contributed by atoms with E-state index in [1.807, 2.05) is 24.3 Å². The summed E-state index contributed by atoms with van der Waals surface area (Å²) in [6.07, 6.45) is 1.01. The summed E-state index contributed by atoms with van der Waals surface area (Å²) in [5.74, 6) is 1.50. The van der Waals surface area contributed by atoms with Gasteiger partial charge in [-0.15, -0.1) is 0 Å². The summed E-state index contributed by atoms with van der Waals surface area (Å²) in [6, 6.07) is 22.9. The molecular formula is C25H23BrN2O2. The Balaban J connectivity index is 1.46. The number of hydrogen-bond donors (Lipinski definition) is 2. The molecule has 5 heteroatoms. The number of halogens is 1. The number of ether oxygens (including phenoxy) is 2. The smallest absolute Gasteiger partial charge is 0.161 e.